The van der Waals surface area contributed by atoms with E-state index in [0.29, 0.717) is 32.4 Å². The van der Waals surface area contributed by atoms with E-state index in [9.17, 15) is 19.5 Å². The number of β-amino-alcohol motifs (C(OH)–C–C–N with tert-alkyl or cyclic N) is 1. The van der Waals surface area contributed by atoms with Crippen LogP contribution >= 0.6 is 0 Å². The molecular formula is C28H44N2O7. The molecule has 37 heavy (non-hydrogen) atoms. The van der Waals surface area contributed by atoms with Crippen LogP contribution in [0.15, 0.2) is 36.0 Å². The van der Waals surface area contributed by atoms with Gasteiger partial charge in [-0.05, 0) is 44.3 Å². The smallest absolute Gasteiger partial charge is 0.409 e. The van der Waals surface area contributed by atoms with Crippen molar-refractivity contribution in [2.45, 2.75) is 77.6 Å². The fraction of sp³-hybridized carbons (Fsp3) is 0.679. The number of rotatable bonds is 6. The number of likely N-dealkylation sites (tertiary alicyclic amines) is 1. The van der Waals surface area contributed by atoms with E-state index in [-0.39, 0.29) is 36.6 Å². The van der Waals surface area contributed by atoms with Gasteiger partial charge < -0.3 is 29.1 Å². The zero-order chi connectivity index (χ0) is 27.4. The maximum Gasteiger partial charge on any atom is 0.409 e. The molecule has 208 valence electrons. The van der Waals surface area contributed by atoms with E-state index in [4.69, 9.17) is 14.2 Å². The zero-order valence-electron chi connectivity index (χ0n) is 22.9. The van der Waals surface area contributed by atoms with E-state index in [1.165, 1.54) is 9.80 Å². The van der Waals surface area contributed by atoms with Gasteiger partial charge in [0.15, 0.2) is 0 Å². The molecule has 1 N–H and O–H groups in total. The maximum atomic E-state index is 12.5. The first-order valence-electron chi connectivity index (χ1n) is 13.3. The molecule has 5 atom stereocenters. The number of carbonyl (C=O) groups is 3. The van der Waals surface area contributed by atoms with Gasteiger partial charge in [-0.15, -0.1) is 0 Å². The van der Waals surface area contributed by atoms with Gasteiger partial charge in [-0.3, -0.25) is 4.79 Å². The first kappa shape index (κ1) is 30.4. The molecule has 0 aromatic heterocycles. The number of esters is 1. The highest BCUT2D eigenvalue weighted by molar-refractivity contribution is 5.70. The molecule has 9 nitrogen and oxygen atoms in total. The van der Waals surface area contributed by atoms with Crippen LogP contribution in [0.25, 0.3) is 0 Å². The molecule has 0 unspecified atom stereocenters. The average Bonchev–Trinajstić information content (AvgIpc) is 3.29. The summed E-state index contributed by atoms with van der Waals surface area (Å²) in [7, 11) is 3.32. The Morgan fingerprint density at radius 3 is 2.68 bits per heavy atom. The molecule has 0 aromatic carbocycles. The van der Waals surface area contributed by atoms with E-state index in [1.807, 2.05) is 51.2 Å². The third-order valence-corrected chi connectivity index (χ3v) is 6.49. The molecule has 2 amide bonds. The molecule has 2 heterocycles. The Morgan fingerprint density at radius 2 is 2.00 bits per heavy atom. The summed E-state index contributed by atoms with van der Waals surface area (Å²) in [6.45, 7) is 6.91. The molecule has 2 aliphatic heterocycles. The van der Waals surface area contributed by atoms with Crippen LogP contribution in [0, 0.1) is 11.8 Å². The van der Waals surface area contributed by atoms with E-state index >= 15 is 0 Å². The molecule has 9 heteroatoms. The van der Waals surface area contributed by atoms with E-state index in [0.717, 1.165) is 24.8 Å². The first-order chi connectivity index (χ1) is 17.6. The third kappa shape index (κ3) is 11.0. The van der Waals surface area contributed by atoms with Crippen molar-refractivity contribution < 1.29 is 33.7 Å². The Labute approximate surface area is 221 Å². The second-order valence-corrected chi connectivity index (χ2v) is 10.3. The fourth-order valence-electron chi connectivity index (χ4n) is 4.19. The van der Waals surface area contributed by atoms with Crippen molar-refractivity contribution in [3.05, 3.63) is 36.0 Å². The van der Waals surface area contributed by atoms with E-state index in [1.54, 1.807) is 14.1 Å². The Bertz CT molecular complexity index is 851. The minimum Gasteiger partial charge on any atom is -0.457 e. The largest absolute Gasteiger partial charge is 0.457 e. The quantitative estimate of drug-likeness (QED) is 0.238. The Balaban J connectivity index is 2.01. The lowest BCUT2D eigenvalue weighted by Gasteiger charge is -2.25. The second-order valence-electron chi connectivity index (χ2n) is 10.3. The Kier molecular flexibility index (Phi) is 12.7. The topological polar surface area (TPSA) is 106 Å². The minimum atomic E-state index is -0.473. The number of hydrogen-bond acceptors (Lipinski definition) is 7. The molecule has 2 rings (SSSR count). The van der Waals surface area contributed by atoms with Crippen LogP contribution < -0.4 is 0 Å². The SMILES string of the molecule is C/C(=C\C=C\[C@@H](C)COC(=O)N1CC[C@@H](O)C1)[C@H]1OC(=O)CCCCC[C@@H](OC(=O)N(C)C)/C=C/[C@@H]1C. The van der Waals surface area contributed by atoms with Gasteiger partial charge in [0.25, 0.3) is 0 Å². The van der Waals surface area contributed by atoms with Crippen LogP contribution in [0.5, 0.6) is 0 Å². The minimum absolute atomic E-state index is 0.0103. The zero-order valence-corrected chi connectivity index (χ0v) is 22.9. The summed E-state index contributed by atoms with van der Waals surface area (Å²) in [5, 5.41) is 9.57. The van der Waals surface area contributed by atoms with Gasteiger partial charge in [0.1, 0.15) is 12.2 Å². The predicted octanol–water partition coefficient (Wildman–Crippen LogP) is 4.46. The molecule has 0 aromatic rings. The van der Waals surface area contributed by atoms with Crippen molar-refractivity contribution in [2.75, 3.05) is 33.8 Å². The van der Waals surface area contributed by atoms with Crippen LogP contribution in [0.4, 0.5) is 9.59 Å². The van der Waals surface area contributed by atoms with Crippen LogP contribution in [0.1, 0.15) is 59.3 Å². The number of aliphatic hydroxyl groups is 1. The highest BCUT2D eigenvalue weighted by Crippen LogP contribution is 2.22. The maximum absolute atomic E-state index is 12.5. The lowest BCUT2D eigenvalue weighted by Crippen LogP contribution is -2.31. The third-order valence-electron chi connectivity index (χ3n) is 6.49. The number of amides is 2. The van der Waals surface area contributed by atoms with E-state index < -0.39 is 18.3 Å². The molecule has 1 saturated heterocycles. The normalized spacial score (nSPS) is 27.6. The lowest BCUT2D eigenvalue weighted by molar-refractivity contribution is -0.148. The summed E-state index contributed by atoms with van der Waals surface area (Å²) in [6.07, 6.45) is 11.6. The average molecular weight is 521 g/mol. The van der Waals surface area contributed by atoms with Crippen molar-refractivity contribution >= 4 is 18.2 Å². The summed E-state index contributed by atoms with van der Waals surface area (Å²) in [5.41, 5.74) is 0.885. The van der Waals surface area contributed by atoms with Gasteiger partial charge in [0.05, 0.1) is 12.7 Å². The molecule has 0 radical (unpaired) electrons. The molecule has 0 bridgehead atoms. The summed E-state index contributed by atoms with van der Waals surface area (Å²) in [6, 6.07) is 0. The van der Waals surface area contributed by atoms with Crippen LogP contribution in [0.2, 0.25) is 0 Å². The van der Waals surface area contributed by atoms with Crippen LogP contribution in [-0.4, -0.2) is 85.2 Å². The van der Waals surface area contributed by atoms with Crippen molar-refractivity contribution in [1.29, 1.82) is 0 Å². The standard InChI is InChI=1S/C28H44N2O7/c1-20(19-35-28(34)30-17-16-23(31)18-30)10-9-11-21(2)26-22(3)14-15-24(36-27(33)29(4)5)12-7-6-8-13-25(32)37-26/h9-11,14-15,20,22-24,26,31H,6-8,12-13,16-19H2,1-5H3/b10-9+,15-14+,21-11+/t20-,22+,23-,24-,26-/m1/s1. The van der Waals surface area contributed by atoms with Crippen molar-refractivity contribution in [1.82, 2.24) is 9.80 Å². The van der Waals surface area contributed by atoms with E-state index in [2.05, 4.69) is 0 Å². The number of ether oxygens (including phenoxy) is 3. The Hall–Kier alpha value is -2.81. The summed E-state index contributed by atoms with van der Waals surface area (Å²) in [5.74, 6) is -0.350. The monoisotopic (exact) mass is 520 g/mol. The lowest BCUT2D eigenvalue weighted by atomic mass is 9.95. The van der Waals surface area contributed by atoms with Crippen molar-refractivity contribution in [3.63, 3.8) is 0 Å². The first-order valence-corrected chi connectivity index (χ1v) is 13.3. The number of aliphatic hydroxyl groups excluding tert-OH is 1. The number of carbonyl (C=O) groups excluding carboxylic acids is 3. The molecule has 1 fully saturated rings. The molecule has 0 spiro atoms. The number of hydrogen-bond donors (Lipinski definition) is 1. The summed E-state index contributed by atoms with van der Waals surface area (Å²) in [4.78, 5) is 39.6. The number of nitrogens with zero attached hydrogens (tertiary/aromatic N) is 2. The van der Waals surface area contributed by atoms with Gasteiger partial charge in [0, 0.05) is 45.4 Å². The van der Waals surface area contributed by atoms with Gasteiger partial charge in [-0.25, -0.2) is 9.59 Å². The number of cyclic esters (lactones) is 1. The van der Waals surface area contributed by atoms with Gasteiger partial charge in [-0.2, -0.15) is 0 Å². The summed E-state index contributed by atoms with van der Waals surface area (Å²) >= 11 is 0. The molecule has 0 aliphatic carbocycles. The van der Waals surface area contributed by atoms with Gasteiger partial charge in [-0.1, -0.05) is 44.6 Å². The molecule has 0 saturated carbocycles. The van der Waals surface area contributed by atoms with Crippen molar-refractivity contribution in [3.8, 4) is 0 Å². The second kappa shape index (κ2) is 15.4. The molecular weight excluding hydrogens is 476 g/mol. The summed E-state index contributed by atoms with van der Waals surface area (Å²) < 4.78 is 16.8. The van der Waals surface area contributed by atoms with Crippen LogP contribution in [0.3, 0.4) is 0 Å². The van der Waals surface area contributed by atoms with Crippen LogP contribution in [-0.2, 0) is 19.0 Å². The fourth-order valence-corrected chi connectivity index (χ4v) is 4.19. The highest BCUT2D eigenvalue weighted by Gasteiger charge is 2.26. The highest BCUT2D eigenvalue weighted by atomic mass is 16.6. The Morgan fingerprint density at radius 1 is 1.24 bits per heavy atom. The van der Waals surface area contributed by atoms with Gasteiger partial charge >= 0.3 is 18.2 Å². The number of allylic oxidation sites excluding steroid dienone is 2. The predicted molar refractivity (Wildman–Crippen MR) is 141 cm³/mol. The molecule has 2 aliphatic rings. The van der Waals surface area contributed by atoms with Crippen molar-refractivity contribution in [2.24, 2.45) is 11.8 Å². The van der Waals surface area contributed by atoms with Gasteiger partial charge in [0.2, 0.25) is 0 Å².